The Labute approximate surface area is 168 Å². The first-order valence-corrected chi connectivity index (χ1v) is 10.5. The van der Waals surface area contributed by atoms with Crippen molar-refractivity contribution < 1.29 is 14.7 Å². The van der Waals surface area contributed by atoms with Crippen LogP contribution in [-0.4, -0.2) is 57.8 Å². The smallest absolute Gasteiger partial charge is 0.290 e. The first kappa shape index (κ1) is 18.8. The van der Waals surface area contributed by atoms with Gasteiger partial charge < -0.3 is 14.9 Å². The Morgan fingerprint density at radius 3 is 2.64 bits per heavy atom. The average Bonchev–Trinajstić information content (AvgIpc) is 3.36. The summed E-state index contributed by atoms with van der Waals surface area (Å²) >= 11 is 1.30. The summed E-state index contributed by atoms with van der Waals surface area (Å²) in [7, 11) is 0. The first-order chi connectivity index (χ1) is 13.7. The van der Waals surface area contributed by atoms with Gasteiger partial charge in [0.25, 0.3) is 5.91 Å². The van der Waals surface area contributed by atoms with Gasteiger partial charge in [0.05, 0.1) is 16.1 Å². The van der Waals surface area contributed by atoms with Crippen molar-refractivity contribution in [3.63, 3.8) is 0 Å². The summed E-state index contributed by atoms with van der Waals surface area (Å²) in [6.45, 7) is 3.22. The second kappa shape index (κ2) is 8.24. The number of rotatable bonds is 6. The molecule has 1 N–H and O–H groups in total. The molecule has 6 nitrogen and oxygen atoms in total. The van der Waals surface area contributed by atoms with E-state index in [1.165, 1.54) is 30.6 Å². The molecule has 28 heavy (non-hydrogen) atoms. The van der Waals surface area contributed by atoms with Crippen LogP contribution in [0.4, 0.5) is 0 Å². The van der Waals surface area contributed by atoms with Crippen LogP contribution in [0.1, 0.15) is 40.7 Å². The number of amides is 1. The maximum absolute atomic E-state index is 13.1. The highest BCUT2D eigenvalue weighted by Crippen LogP contribution is 2.38. The molecular formula is C21H23N3O3S. The summed E-state index contributed by atoms with van der Waals surface area (Å²) in [5, 5.41) is 12.4. The number of aromatic nitrogens is 1. The lowest BCUT2D eigenvalue weighted by Gasteiger charge is -2.31. The van der Waals surface area contributed by atoms with E-state index >= 15 is 0 Å². The molecule has 0 spiro atoms. The van der Waals surface area contributed by atoms with Gasteiger partial charge in [-0.1, -0.05) is 18.6 Å². The Morgan fingerprint density at radius 2 is 1.96 bits per heavy atom. The van der Waals surface area contributed by atoms with Crippen molar-refractivity contribution >= 4 is 23.0 Å². The summed E-state index contributed by atoms with van der Waals surface area (Å²) < 4.78 is 0. The van der Waals surface area contributed by atoms with E-state index in [9.17, 15) is 14.7 Å². The van der Waals surface area contributed by atoms with Gasteiger partial charge >= 0.3 is 0 Å². The van der Waals surface area contributed by atoms with E-state index in [-0.39, 0.29) is 11.4 Å². The van der Waals surface area contributed by atoms with Gasteiger partial charge in [-0.2, -0.15) is 0 Å². The van der Waals surface area contributed by atoms with Gasteiger partial charge in [0.1, 0.15) is 6.04 Å². The highest BCUT2D eigenvalue weighted by molar-refractivity contribution is 7.12. The van der Waals surface area contributed by atoms with Crippen molar-refractivity contribution in [2.24, 2.45) is 0 Å². The molecule has 0 aliphatic carbocycles. The second-order valence-corrected chi connectivity index (χ2v) is 8.07. The molecule has 2 aliphatic rings. The fourth-order valence-corrected chi connectivity index (χ4v) is 4.61. The van der Waals surface area contributed by atoms with Gasteiger partial charge in [-0.05, 0) is 49.5 Å². The van der Waals surface area contributed by atoms with Crippen LogP contribution in [0, 0.1) is 0 Å². The Bertz CT molecular complexity index is 874. The van der Waals surface area contributed by atoms with Crippen molar-refractivity contribution in [3.8, 4) is 0 Å². The van der Waals surface area contributed by atoms with E-state index in [4.69, 9.17) is 0 Å². The summed E-state index contributed by atoms with van der Waals surface area (Å²) in [6.07, 6.45) is 5.23. The number of aliphatic hydroxyl groups is 1. The van der Waals surface area contributed by atoms with Crippen molar-refractivity contribution in [1.29, 1.82) is 0 Å². The van der Waals surface area contributed by atoms with Crippen LogP contribution in [-0.2, 0) is 4.79 Å². The maximum Gasteiger partial charge on any atom is 0.290 e. The molecular weight excluding hydrogens is 374 g/mol. The van der Waals surface area contributed by atoms with Gasteiger partial charge in [-0.3, -0.25) is 14.6 Å². The molecule has 0 aromatic carbocycles. The third-order valence-corrected chi connectivity index (χ3v) is 6.24. The fourth-order valence-electron chi connectivity index (χ4n) is 3.93. The fraction of sp³-hybridized carbons (Fsp3) is 0.381. The summed E-state index contributed by atoms with van der Waals surface area (Å²) in [5.41, 5.74) is 0.725. The largest absolute Gasteiger partial charge is 0.503 e. The monoisotopic (exact) mass is 397 g/mol. The zero-order chi connectivity index (χ0) is 19.5. The van der Waals surface area contributed by atoms with Gasteiger partial charge in [-0.15, -0.1) is 11.3 Å². The number of piperidine rings is 1. The highest BCUT2D eigenvalue weighted by Gasteiger charge is 2.44. The summed E-state index contributed by atoms with van der Waals surface area (Å²) in [5.74, 6) is -1.25. The number of carbonyl (C=O) groups excluding carboxylic acids is 2. The maximum atomic E-state index is 13.1. The van der Waals surface area contributed by atoms with Crippen molar-refractivity contribution in [1.82, 2.24) is 14.8 Å². The number of carbonyl (C=O) groups is 2. The molecule has 1 amide bonds. The number of hydrogen-bond acceptors (Lipinski definition) is 6. The quantitative estimate of drug-likeness (QED) is 0.758. The van der Waals surface area contributed by atoms with E-state index in [0.717, 1.165) is 19.6 Å². The lowest BCUT2D eigenvalue weighted by atomic mass is 9.99. The lowest BCUT2D eigenvalue weighted by Crippen LogP contribution is -2.40. The SMILES string of the molecule is O=C(C1=C(O)C(=O)N(CCN2CCCCC2)C1c1ccccn1)c1cccs1. The van der Waals surface area contributed by atoms with E-state index in [2.05, 4.69) is 9.88 Å². The Balaban J connectivity index is 1.64. The molecule has 1 fully saturated rings. The van der Waals surface area contributed by atoms with Crippen LogP contribution in [0.3, 0.4) is 0 Å². The molecule has 2 aromatic heterocycles. The third kappa shape index (κ3) is 3.59. The van der Waals surface area contributed by atoms with Gasteiger partial charge in [0, 0.05) is 19.3 Å². The molecule has 4 rings (SSSR count). The van der Waals surface area contributed by atoms with Crippen molar-refractivity contribution in [3.05, 3.63) is 63.8 Å². The van der Waals surface area contributed by atoms with Crippen molar-refractivity contribution in [2.75, 3.05) is 26.2 Å². The number of aliphatic hydroxyl groups excluding tert-OH is 1. The van der Waals surface area contributed by atoms with Gasteiger partial charge in [-0.25, -0.2) is 0 Å². The first-order valence-electron chi connectivity index (χ1n) is 9.62. The van der Waals surface area contributed by atoms with Gasteiger partial charge in [0.15, 0.2) is 5.76 Å². The molecule has 1 atom stereocenters. The predicted molar refractivity (Wildman–Crippen MR) is 107 cm³/mol. The molecule has 2 aliphatic heterocycles. The third-order valence-electron chi connectivity index (χ3n) is 5.37. The summed E-state index contributed by atoms with van der Waals surface area (Å²) in [4.78, 5) is 34.8. The Hall–Kier alpha value is -2.51. The van der Waals surface area contributed by atoms with E-state index in [0.29, 0.717) is 17.1 Å². The molecule has 1 saturated heterocycles. The molecule has 0 radical (unpaired) electrons. The number of hydrogen-bond donors (Lipinski definition) is 1. The normalized spacial score (nSPS) is 20.8. The summed E-state index contributed by atoms with van der Waals surface area (Å²) in [6, 6.07) is 8.26. The minimum atomic E-state index is -0.659. The Kier molecular flexibility index (Phi) is 5.54. The topological polar surface area (TPSA) is 73.7 Å². The van der Waals surface area contributed by atoms with Gasteiger partial charge in [0.2, 0.25) is 5.78 Å². The molecule has 4 heterocycles. The number of nitrogens with zero attached hydrogens (tertiary/aromatic N) is 3. The number of Topliss-reactive ketones (excluding diaryl/α,β-unsaturated/α-hetero) is 1. The molecule has 7 heteroatoms. The number of ketones is 1. The van der Waals surface area contributed by atoms with Crippen LogP contribution < -0.4 is 0 Å². The standard InChI is InChI=1S/C21H23N3O3S/c25-19(16-8-6-14-28-16)17-18(15-7-2-3-9-22-15)24(21(27)20(17)26)13-12-23-10-4-1-5-11-23/h2-3,6-9,14,18,26H,1,4-5,10-13H2. The second-order valence-electron chi connectivity index (χ2n) is 7.13. The molecule has 0 saturated carbocycles. The molecule has 146 valence electrons. The number of likely N-dealkylation sites (tertiary alicyclic amines) is 1. The molecule has 2 aromatic rings. The lowest BCUT2D eigenvalue weighted by molar-refractivity contribution is -0.129. The van der Waals surface area contributed by atoms with Crippen LogP contribution in [0.5, 0.6) is 0 Å². The van der Waals surface area contributed by atoms with Crippen LogP contribution in [0.25, 0.3) is 0 Å². The van der Waals surface area contributed by atoms with Crippen molar-refractivity contribution in [2.45, 2.75) is 25.3 Å². The van der Waals surface area contributed by atoms with Crippen LogP contribution in [0.2, 0.25) is 0 Å². The van der Waals surface area contributed by atoms with Crippen LogP contribution in [0.15, 0.2) is 53.2 Å². The van der Waals surface area contributed by atoms with Crippen LogP contribution >= 0.6 is 11.3 Å². The van der Waals surface area contributed by atoms with E-state index < -0.39 is 17.7 Å². The molecule has 0 bridgehead atoms. The molecule has 1 unspecified atom stereocenters. The minimum Gasteiger partial charge on any atom is -0.503 e. The van der Waals surface area contributed by atoms with E-state index in [1.807, 2.05) is 11.4 Å². The zero-order valence-electron chi connectivity index (χ0n) is 15.6. The van der Waals surface area contributed by atoms with E-state index in [1.54, 1.807) is 35.4 Å². The Morgan fingerprint density at radius 1 is 1.14 bits per heavy atom. The number of thiophene rings is 1. The predicted octanol–water partition coefficient (Wildman–Crippen LogP) is 3.21. The minimum absolute atomic E-state index is 0.129. The average molecular weight is 398 g/mol. The highest BCUT2D eigenvalue weighted by atomic mass is 32.1. The zero-order valence-corrected chi connectivity index (χ0v) is 16.4. The number of pyridine rings is 1.